The Morgan fingerprint density at radius 1 is 1.33 bits per heavy atom. The van der Waals surface area contributed by atoms with Gasteiger partial charge in [0.15, 0.2) is 0 Å². The van der Waals surface area contributed by atoms with E-state index in [1.54, 1.807) is 31.3 Å². The van der Waals surface area contributed by atoms with Gasteiger partial charge in [-0.25, -0.2) is 0 Å². The fourth-order valence-corrected chi connectivity index (χ4v) is 1.88. The molecule has 0 bridgehead atoms. The molecule has 1 aromatic rings. The number of benzene rings is 1. The molecule has 1 amide bonds. The minimum absolute atomic E-state index is 0.0985. The van der Waals surface area contributed by atoms with Crippen LogP contribution in [0.3, 0.4) is 0 Å². The van der Waals surface area contributed by atoms with Crippen molar-refractivity contribution in [1.29, 1.82) is 0 Å². The molecule has 1 unspecified atom stereocenters. The first-order valence-corrected chi connectivity index (χ1v) is 6.41. The van der Waals surface area contributed by atoms with Gasteiger partial charge in [-0.2, -0.15) is 8.78 Å². The number of hydrogen-bond donors (Lipinski definition) is 2. The number of nitrogens with one attached hydrogen (secondary N) is 2. The summed E-state index contributed by atoms with van der Waals surface area (Å²) in [6, 6.07) is 6.37. The number of rotatable bonds is 6. The lowest BCUT2D eigenvalue weighted by molar-refractivity contribution is -0.119. The summed E-state index contributed by atoms with van der Waals surface area (Å²) in [5.74, 6) is -2.68. The van der Waals surface area contributed by atoms with E-state index in [1.807, 2.05) is 6.92 Å². The van der Waals surface area contributed by atoms with Gasteiger partial charge in [-0.15, -0.1) is 0 Å². The number of alkyl halides is 2. The van der Waals surface area contributed by atoms with E-state index in [-0.39, 0.29) is 11.8 Å². The fraction of sp³-hybridized carbons (Fsp3) is 0.417. The zero-order valence-electron chi connectivity index (χ0n) is 10.2. The average Bonchev–Trinajstić information content (AvgIpc) is 2.31. The van der Waals surface area contributed by atoms with Crippen molar-refractivity contribution in [1.82, 2.24) is 5.32 Å². The predicted octanol–water partition coefficient (Wildman–Crippen LogP) is 2.80. The summed E-state index contributed by atoms with van der Waals surface area (Å²) < 4.78 is 24.2. The van der Waals surface area contributed by atoms with Crippen molar-refractivity contribution >= 4 is 23.4 Å². The van der Waals surface area contributed by atoms with Crippen LogP contribution in [0.4, 0.5) is 14.5 Å². The van der Waals surface area contributed by atoms with Gasteiger partial charge in [-0.1, -0.05) is 18.7 Å². The second-order valence-corrected chi connectivity index (χ2v) is 4.91. The van der Waals surface area contributed by atoms with Crippen LogP contribution in [0.5, 0.6) is 0 Å². The van der Waals surface area contributed by atoms with Gasteiger partial charge in [-0.3, -0.25) is 4.79 Å². The van der Waals surface area contributed by atoms with Gasteiger partial charge in [0.05, 0.1) is 0 Å². The van der Waals surface area contributed by atoms with Crippen molar-refractivity contribution in [3.05, 3.63) is 24.3 Å². The lowest BCUT2D eigenvalue weighted by Crippen LogP contribution is -2.28. The highest BCUT2D eigenvalue weighted by Gasteiger charge is 2.12. The smallest absolute Gasteiger partial charge is 0.288 e. The zero-order valence-corrected chi connectivity index (χ0v) is 11.1. The van der Waals surface area contributed by atoms with Crippen LogP contribution in [0.2, 0.25) is 0 Å². The quantitative estimate of drug-likeness (QED) is 0.784. The maximum absolute atomic E-state index is 12.1. The Kier molecular flexibility index (Phi) is 6.07. The highest BCUT2D eigenvalue weighted by atomic mass is 32.2. The number of anilines is 1. The van der Waals surface area contributed by atoms with Crippen molar-refractivity contribution in [2.45, 2.75) is 17.6 Å². The van der Waals surface area contributed by atoms with Crippen LogP contribution in [0, 0.1) is 5.92 Å². The Balaban J connectivity index is 2.55. The zero-order chi connectivity index (χ0) is 13.5. The van der Waals surface area contributed by atoms with Crippen molar-refractivity contribution in [3.63, 3.8) is 0 Å². The topological polar surface area (TPSA) is 41.1 Å². The average molecular weight is 274 g/mol. The molecule has 0 aromatic heterocycles. The Morgan fingerprint density at radius 2 is 1.94 bits per heavy atom. The third-order valence-electron chi connectivity index (χ3n) is 2.30. The van der Waals surface area contributed by atoms with E-state index in [1.165, 1.54) is 0 Å². The number of carbonyl (C=O) groups is 1. The molecule has 0 fully saturated rings. The second-order valence-electron chi connectivity index (χ2n) is 3.85. The summed E-state index contributed by atoms with van der Waals surface area (Å²) >= 11 is 0.484. The highest BCUT2D eigenvalue weighted by molar-refractivity contribution is 7.99. The molecule has 0 aliphatic heterocycles. The van der Waals surface area contributed by atoms with Gasteiger partial charge >= 0.3 is 0 Å². The fourth-order valence-electron chi connectivity index (χ4n) is 1.38. The first kappa shape index (κ1) is 14.9. The maximum atomic E-state index is 12.1. The van der Waals surface area contributed by atoms with Crippen LogP contribution in [0.15, 0.2) is 29.2 Å². The molecule has 1 rings (SSSR count). The van der Waals surface area contributed by atoms with Crippen LogP contribution in [0.1, 0.15) is 6.92 Å². The largest absolute Gasteiger partial charge is 0.326 e. The SMILES string of the molecule is CNCC(C)C(=O)Nc1ccc(SC(F)F)cc1. The van der Waals surface area contributed by atoms with Crippen molar-refractivity contribution < 1.29 is 13.6 Å². The van der Waals surface area contributed by atoms with Gasteiger partial charge in [-0.05, 0) is 31.3 Å². The first-order valence-electron chi connectivity index (χ1n) is 5.53. The highest BCUT2D eigenvalue weighted by Crippen LogP contribution is 2.26. The number of hydrogen-bond acceptors (Lipinski definition) is 3. The molecule has 2 N–H and O–H groups in total. The molecule has 0 saturated heterocycles. The molecule has 1 atom stereocenters. The van der Waals surface area contributed by atoms with Crippen LogP contribution in [-0.4, -0.2) is 25.3 Å². The van der Waals surface area contributed by atoms with E-state index in [9.17, 15) is 13.6 Å². The molecule has 1 aromatic carbocycles. The van der Waals surface area contributed by atoms with Crippen LogP contribution in [-0.2, 0) is 4.79 Å². The van der Waals surface area contributed by atoms with Crippen molar-refractivity contribution in [2.75, 3.05) is 18.9 Å². The summed E-state index contributed by atoms with van der Waals surface area (Å²) in [4.78, 5) is 12.2. The van der Waals surface area contributed by atoms with Gasteiger partial charge < -0.3 is 10.6 Å². The Hall–Kier alpha value is -1.14. The van der Waals surface area contributed by atoms with E-state index >= 15 is 0 Å². The molecule has 0 aliphatic carbocycles. The van der Waals surface area contributed by atoms with E-state index in [0.717, 1.165) is 0 Å². The summed E-state index contributed by atoms with van der Waals surface area (Å²) in [5, 5.41) is 5.65. The van der Waals surface area contributed by atoms with E-state index in [0.29, 0.717) is 28.9 Å². The lowest BCUT2D eigenvalue weighted by Gasteiger charge is -2.11. The number of thioether (sulfide) groups is 1. The van der Waals surface area contributed by atoms with Gasteiger partial charge in [0.1, 0.15) is 0 Å². The minimum atomic E-state index is -2.43. The molecule has 6 heteroatoms. The molecular formula is C12H16F2N2OS. The van der Waals surface area contributed by atoms with Gasteiger partial charge in [0.2, 0.25) is 5.91 Å². The molecular weight excluding hydrogens is 258 g/mol. The summed E-state index contributed by atoms with van der Waals surface area (Å²) in [7, 11) is 1.78. The summed E-state index contributed by atoms with van der Waals surface area (Å²) in [6.45, 7) is 2.40. The molecule has 18 heavy (non-hydrogen) atoms. The molecule has 100 valence electrons. The Labute approximate surface area is 109 Å². The predicted molar refractivity (Wildman–Crippen MR) is 70.0 cm³/mol. The number of carbonyl (C=O) groups excluding carboxylic acids is 1. The van der Waals surface area contributed by atoms with Gasteiger partial charge in [0.25, 0.3) is 5.76 Å². The van der Waals surface area contributed by atoms with E-state index < -0.39 is 5.76 Å². The van der Waals surface area contributed by atoms with Crippen LogP contribution >= 0.6 is 11.8 Å². The molecule has 3 nitrogen and oxygen atoms in total. The number of halogens is 2. The Bertz CT molecular complexity index is 384. The van der Waals surface area contributed by atoms with Crippen LogP contribution < -0.4 is 10.6 Å². The molecule has 0 radical (unpaired) electrons. The standard InChI is InChI=1S/C12H16F2N2OS/c1-8(7-15-2)11(17)16-9-3-5-10(6-4-9)18-12(13)14/h3-6,8,12,15H,7H2,1-2H3,(H,16,17). The molecule has 0 spiro atoms. The van der Waals surface area contributed by atoms with Crippen LogP contribution in [0.25, 0.3) is 0 Å². The molecule has 0 aliphatic rings. The first-order chi connectivity index (χ1) is 8.52. The van der Waals surface area contributed by atoms with Crippen molar-refractivity contribution in [3.8, 4) is 0 Å². The maximum Gasteiger partial charge on any atom is 0.288 e. The third-order valence-corrected chi connectivity index (χ3v) is 3.03. The minimum Gasteiger partial charge on any atom is -0.326 e. The van der Waals surface area contributed by atoms with Crippen molar-refractivity contribution in [2.24, 2.45) is 5.92 Å². The number of amides is 1. The van der Waals surface area contributed by atoms with Gasteiger partial charge in [0, 0.05) is 23.0 Å². The molecule has 0 heterocycles. The summed E-state index contributed by atoms with van der Waals surface area (Å²) in [5.41, 5.74) is 0.613. The third kappa shape index (κ3) is 5.01. The monoisotopic (exact) mass is 274 g/mol. The summed E-state index contributed by atoms with van der Waals surface area (Å²) in [6.07, 6.45) is 0. The van der Waals surface area contributed by atoms with E-state index in [4.69, 9.17) is 0 Å². The molecule has 0 saturated carbocycles. The second kappa shape index (κ2) is 7.33. The Morgan fingerprint density at radius 3 is 2.44 bits per heavy atom. The van der Waals surface area contributed by atoms with E-state index in [2.05, 4.69) is 10.6 Å². The lowest BCUT2D eigenvalue weighted by atomic mass is 10.1. The normalized spacial score (nSPS) is 12.5.